The van der Waals surface area contributed by atoms with Crippen LogP contribution in [0.4, 0.5) is 0 Å². The lowest BCUT2D eigenvalue weighted by molar-refractivity contribution is -0.132. The average Bonchev–Trinajstić information content (AvgIpc) is 2.89. The largest absolute Gasteiger partial charge is 0.477 e. The van der Waals surface area contributed by atoms with Crippen LogP contribution >= 0.6 is 11.8 Å². The molecule has 0 spiro atoms. The van der Waals surface area contributed by atoms with Gasteiger partial charge in [-0.05, 0) is 19.1 Å². The van der Waals surface area contributed by atoms with Crippen molar-refractivity contribution in [1.82, 2.24) is 5.32 Å². The molecule has 6 nitrogen and oxygen atoms in total. The van der Waals surface area contributed by atoms with Gasteiger partial charge in [-0.2, -0.15) is 11.8 Å². The highest BCUT2D eigenvalue weighted by atomic mass is 32.2. The number of oxime groups is 1. The van der Waals surface area contributed by atoms with Gasteiger partial charge in [0.2, 0.25) is 6.10 Å². The van der Waals surface area contributed by atoms with Gasteiger partial charge in [-0.3, -0.25) is 4.79 Å². The number of carbonyl (C=O) groups excluding carboxylic acids is 1. The van der Waals surface area contributed by atoms with Crippen LogP contribution in [0.5, 0.6) is 0 Å². The lowest BCUT2D eigenvalue weighted by Gasteiger charge is -2.31. The molecule has 0 radical (unpaired) electrons. The Kier molecular flexibility index (Phi) is 4.68. The molecular formula is C12H18N2O4S. The minimum Gasteiger partial charge on any atom is -0.477 e. The second-order valence-corrected chi connectivity index (χ2v) is 5.89. The predicted octanol–water partition coefficient (Wildman–Crippen LogP) is 1.01. The topological polar surface area (TPSA) is 88.0 Å². The molecule has 1 amide bonds. The maximum atomic E-state index is 12.0. The van der Waals surface area contributed by atoms with E-state index in [1.54, 1.807) is 11.8 Å². The molecule has 2 aliphatic rings. The van der Waals surface area contributed by atoms with Crippen molar-refractivity contribution in [2.75, 3.05) is 6.26 Å². The van der Waals surface area contributed by atoms with Crippen LogP contribution in [-0.4, -0.2) is 46.3 Å². The summed E-state index contributed by atoms with van der Waals surface area (Å²) in [6.07, 6.45) is 5.68. The number of hydrogen-bond acceptors (Lipinski definition) is 5. The highest BCUT2D eigenvalue weighted by Gasteiger charge is 2.34. The maximum absolute atomic E-state index is 12.0. The van der Waals surface area contributed by atoms with Gasteiger partial charge in [-0.1, -0.05) is 18.0 Å². The fraction of sp³-hybridized carbons (Fsp3) is 0.750. The standard InChI is InChI=1S/C12H18N2O4S/c1-19-10-5-3-2-4-7(10)13-11(15)9-6-8(12(16)17)14-18-9/h7,9-10H,2-6H2,1H3,(H,13,15)(H,16,17). The molecule has 3 unspecified atom stereocenters. The fourth-order valence-corrected chi connectivity index (χ4v) is 3.40. The van der Waals surface area contributed by atoms with E-state index in [0.717, 1.165) is 19.3 Å². The molecule has 2 rings (SSSR count). The predicted molar refractivity (Wildman–Crippen MR) is 72.3 cm³/mol. The van der Waals surface area contributed by atoms with Crippen molar-refractivity contribution >= 4 is 29.4 Å². The number of carboxylic acid groups (broad SMARTS) is 1. The van der Waals surface area contributed by atoms with Gasteiger partial charge in [-0.25, -0.2) is 4.79 Å². The molecule has 3 atom stereocenters. The van der Waals surface area contributed by atoms with Gasteiger partial charge in [0.1, 0.15) is 0 Å². The summed E-state index contributed by atoms with van der Waals surface area (Å²) < 4.78 is 0. The van der Waals surface area contributed by atoms with Crippen molar-refractivity contribution in [2.45, 2.75) is 49.5 Å². The van der Waals surface area contributed by atoms with Crippen molar-refractivity contribution < 1.29 is 19.5 Å². The minimum absolute atomic E-state index is 0.0395. The molecule has 0 saturated heterocycles. The second-order valence-electron chi connectivity index (χ2n) is 4.82. The minimum atomic E-state index is -1.13. The van der Waals surface area contributed by atoms with E-state index in [1.807, 2.05) is 6.26 Å². The number of carbonyl (C=O) groups is 2. The molecule has 2 N–H and O–H groups in total. The zero-order valence-corrected chi connectivity index (χ0v) is 11.6. The number of nitrogens with zero attached hydrogens (tertiary/aromatic N) is 1. The first-order valence-corrected chi connectivity index (χ1v) is 7.69. The van der Waals surface area contributed by atoms with Crippen LogP contribution in [0.3, 0.4) is 0 Å². The van der Waals surface area contributed by atoms with E-state index >= 15 is 0 Å². The molecule has 1 aliphatic heterocycles. The van der Waals surface area contributed by atoms with Gasteiger partial charge in [0.15, 0.2) is 5.71 Å². The first-order valence-electron chi connectivity index (χ1n) is 6.41. The van der Waals surface area contributed by atoms with Crippen molar-refractivity contribution in [3.63, 3.8) is 0 Å². The van der Waals surface area contributed by atoms with Crippen LogP contribution in [0.15, 0.2) is 5.16 Å². The van der Waals surface area contributed by atoms with Gasteiger partial charge in [0.25, 0.3) is 5.91 Å². The van der Waals surface area contributed by atoms with E-state index in [1.165, 1.54) is 6.42 Å². The summed E-state index contributed by atoms with van der Waals surface area (Å²) in [6.45, 7) is 0. The van der Waals surface area contributed by atoms with Gasteiger partial charge in [0.05, 0.1) is 0 Å². The quantitative estimate of drug-likeness (QED) is 0.805. The number of thioether (sulfide) groups is 1. The van der Waals surface area contributed by atoms with E-state index in [0.29, 0.717) is 5.25 Å². The molecule has 7 heteroatoms. The summed E-state index contributed by atoms with van der Waals surface area (Å²) in [7, 11) is 0. The Hall–Kier alpha value is -1.24. The Morgan fingerprint density at radius 1 is 1.42 bits per heavy atom. The Balaban J connectivity index is 1.86. The van der Waals surface area contributed by atoms with Crippen LogP contribution in [0, 0.1) is 0 Å². The third kappa shape index (κ3) is 3.40. The molecule has 1 fully saturated rings. The van der Waals surface area contributed by atoms with Crippen molar-refractivity contribution in [2.24, 2.45) is 5.16 Å². The molecule has 1 heterocycles. The molecular weight excluding hydrogens is 268 g/mol. The van der Waals surface area contributed by atoms with Crippen LogP contribution in [0.2, 0.25) is 0 Å². The van der Waals surface area contributed by atoms with Gasteiger partial charge in [-0.15, -0.1) is 0 Å². The van der Waals surface area contributed by atoms with Gasteiger partial charge in [0, 0.05) is 17.7 Å². The Morgan fingerprint density at radius 3 is 2.79 bits per heavy atom. The highest BCUT2D eigenvalue weighted by molar-refractivity contribution is 7.99. The smallest absolute Gasteiger partial charge is 0.353 e. The molecule has 106 valence electrons. The summed E-state index contributed by atoms with van der Waals surface area (Å²) in [5.74, 6) is -1.39. The molecule has 1 saturated carbocycles. The number of rotatable bonds is 4. The lowest BCUT2D eigenvalue weighted by Crippen LogP contribution is -2.47. The van der Waals surface area contributed by atoms with E-state index in [2.05, 4.69) is 10.5 Å². The van der Waals surface area contributed by atoms with Crippen molar-refractivity contribution in [1.29, 1.82) is 0 Å². The molecule has 19 heavy (non-hydrogen) atoms. The van der Waals surface area contributed by atoms with Crippen LogP contribution in [-0.2, 0) is 14.4 Å². The van der Waals surface area contributed by atoms with E-state index < -0.39 is 12.1 Å². The zero-order valence-electron chi connectivity index (χ0n) is 10.8. The molecule has 0 aromatic heterocycles. The summed E-state index contributed by atoms with van der Waals surface area (Å²) in [4.78, 5) is 27.6. The zero-order chi connectivity index (χ0) is 13.8. The number of aliphatic carboxylic acids is 1. The third-order valence-corrected chi connectivity index (χ3v) is 4.71. The fourth-order valence-electron chi connectivity index (χ4n) is 2.46. The van der Waals surface area contributed by atoms with E-state index in [-0.39, 0.29) is 24.1 Å². The molecule has 0 aromatic carbocycles. The monoisotopic (exact) mass is 286 g/mol. The Morgan fingerprint density at radius 2 is 2.16 bits per heavy atom. The summed E-state index contributed by atoms with van der Waals surface area (Å²) in [5.41, 5.74) is -0.0924. The Labute approximate surface area is 115 Å². The summed E-state index contributed by atoms with van der Waals surface area (Å²) in [6, 6.07) is 0.147. The van der Waals surface area contributed by atoms with E-state index in [4.69, 9.17) is 9.94 Å². The maximum Gasteiger partial charge on any atom is 0.353 e. The average molecular weight is 286 g/mol. The third-order valence-electron chi connectivity index (χ3n) is 3.54. The Bertz CT molecular complexity index is 399. The summed E-state index contributed by atoms with van der Waals surface area (Å²) >= 11 is 1.77. The molecule has 0 bridgehead atoms. The highest BCUT2D eigenvalue weighted by Crippen LogP contribution is 2.27. The van der Waals surface area contributed by atoms with Gasteiger partial charge >= 0.3 is 5.97 Å². The number of nitrogens with one attached hydrogen (secondary N) is 1. The van der Waals surface area contributed by atoms with Gasteiger partial charge < -0.3 is 15.3 Å². The van der Waals surface area contributed by atoms with Crippen LogP contribution in [0.1, 0.15) is 32.1 Å². The normalized spacial score (nSPS) is 30.4. The summed E-state index contributed by atoms with van der Waals surface area (Å²) in [5, 5.41) is 15.6. The number of carboxylic acids is 1. The number of amides is 1. The lowest BCUT2D eigenvalue weighted by atomic mass is 9.94. The molecule has 1 aliphatic carbocycles. The van der Waals surface area contributed by atoms with Crippen LogP contribution < -0.4 is 5.32 Å². The SMILES string of the molecule is CSC1CCCCC1NC(=O)C1CC(C(=O)O)=NO1. The molecule has 0 aromatic rings. The van der Waals surface area contributed by atoms with Crippen LogP contribution in [0.25, 0.3) is 0 Å². The number of hydrogen-bond donors (Lipinski definition) is 2. The first-order chi connectivity index (χ1) is 9.11. The van der Waals surface area contributed by atoms with Crippen molar-refractivity contribution in [3.05, 3.63) is 0 Å². The first kappa shape index (κ1) is 14.2. The van der Waals surface area contributed by atoms with E-state index in [9.17, 15) is 9.59 Å². The van der Waals surface area contributed by atoms with Crippen molar-refractivity contribution in [3.8, 4) is 0 Å². The second kappa shape index (κ2) is 6.27.